The predicted octanol–water partition coefficient (Wildman–Crippen LogP) is 1.83. The molecule has 3 N–H and O–H groups in total. The summed E-state index contributed by atoms with van der Waals surface area (Å²) in [6.45, 7) is 0. The van der Waals surface area contributed by atoms with Gasteiger partial charge in [0.2, 0.25) is 5.95 Å². The van der Waals surface area contributed by atoms with Crippen molar-refractivity contribution in [3.05, 3.63) is 40.7 Å². The largest absolute Gasteiger partial charge is 0.367 e. The Morgan fingerprint density at radius 1 is 1.33 bits per heavy atom. The van der Waals surface area contributed by atoms with Crippen LogP contribution in [0.25, 0.3) is 0 Å². The minimum atomic E-state index is 0.288. The molecule has 0 unspecified atom stereocenters. The molecule has 0 fully saturated rings. The molecular formula is C10H11ClN4. The number of rotatable bonds is 3. The van der Waals surface area contributed by atoms with Crippen LogP contribution < -0.4 is 5.73 Å². The average Bonchev–Trinajstić information content (AvgIpc) is 2.62. The van der Waals surface area contributed by atoms with Gasteiger partial charge in [-0.15, -0.1) is 5.10 Å². The summed E-state index contributed by atoms with van der Waals surface area (Å²) in [5.74, 6) is 1.09. The van der Waals surface area contributed by atoms with Crippen molar-refractivity contribution in [1.29, 1.82) is 0 Å². The van der Waals surface area contributed by atoms with Crippen molar-refractivity contribution in [3.63, 3.8) is 0 Å². The number of halogens is 1. The fraction of sp³-hybridized carbons (Fsp3) is 0.200. The normalized spacial score (nSPS) is 10.5. The van der Waals surface area contributed by atoms with E-state index in [4.69, 9.17) is 17.3 Å². The lowest BCUT2D eigenvalue weighted by atomic mass is 10.1. The summed E-state index contributed by atoms with van der Waals surface area (Å²) >= 11 is 5.87. The number of aryl methyl sites for hydroxylation is 2. The van der Waals surface area contributed by atoms with Crippen LogP contribution in [0.4, 0.5) is 5.95 Å². The molecule has 0 aliphatic carbocycles. The topological polar surface area (TPSA) is 67.6 Å². The highest BCUT2D eigenvalue weighted by Gasteiger charge is 2.00. The Bertz CT molecular complexity index is 452. The van der Waals surface area contributed by atoms with Crippen molar-refractivity contribution in [2.45, 2.75) is 12.8 Å². The molecule has 0 saturated heterocycles. The third kappa shape index (κ3) is 2.70. The van der Waals surface area contributed by atoms with Crippen LogP contribution in [-0.2, 0) is 12.8 Å². The van der Waals surface area contributed by atoms with Crippen molar-refractivity contribution in [1.82, 2.24) is 15.2 Å². The van der Waals surface area contributed by atoms with E-state index in [1.807, 2.05) is 24.3 Å². The van der Waals surface area contributed by atoms with Crippen LogP contribution in [0, 0.1) is 0 Å². The van der Waals surface area contributed by atoms with Crippen molar-refractivity contribution in [2.75, 3.05) is 5.73 Å². The number of hydrogen-bond donors (Lipinski definition) is 2. The second-order valence-electron chi connectivity index (χ2n) is 3.27. The third-order valence-corrected chi connectivity index (χ3v) is 2.32. The van der Waals surface area contributed by atoms with E-state index in [0.29, 0.717) is 0 Å². The third-order valence-electron chi connectivity index (χ3n) is 2.09. The number of nitrogens with two attached hydrogens (primary N) is 1. The predicted molar refractivity (Wildman–Crippen MR) is 59.7 cm³/mol. The van der Waals surface area contributed by atoms with Crippen molar-refractivity contribution >= 4 is 17.5 Å². The number of anilines is 1. The monoisotopic (exact) mass is 222 g/mol. The maximum Gasteiger partial charge on any atom is 0.239 e. The molecule has 2 aromatic rings. The summed E-state index contributed by atoms with van der Waals surface area (Å²) in [4.78, 5) is 4.03. The molecule has 0 bridgehead atoms. The van der Waals surface area contributed by atoms with Crippen LogP contribution in [0.2, 0.25) is 5.02 Å². The Hall–Kier alpha value is -1.55. The van der Waals surface area contributed by atoms with Gasteiger partial charge in [0.15, 0.2) is 0 Å². The summed E-state index contributed by atoms with van der Waals surface area (Å²) in [5.41, 5.74) is 6.58. The zero-order chi connectivity index (χ0) is 10.7. The van der Waals surface area contributed by atoms with Crippen LogP contribution in [-0.4, -0.2) is 15.2 Å². The molecule has 2 rings (SSSR count). The highest BCUT2D eigenvalue weighted by atomic mass is 35.5. The summed E-state index contributed by atoms with van der Waals surface area (Å²) in [6.07, 6.45) is 1.65. The summed E-state index contributed by atoms with van der Waals surface area (Å²) in [6, 6.07) is 7.77. The Morgan fingerprint density at radius 2 is 2.20 bits per heavy atom. The summed E-state index contributed by atoms with van der Waals surface area (Å²) < 4.78 is 0. The molecule has 0 saturated carbocycles. The van der Waals surface area contributed by atoms with Crippen molar-refractivity contribution in [3.8, 4) is 0 Å². The van der Waals surface area contributed by atoms with Crippen LogP contribution in [0.3, 0.4) is 0 Å². The molecule has 15 heavy (non-hydrogen) atoms. The van der Waals surface area contributed by atoms with Gasteiger partial charge < -0.3 is 5.73 Å². The van der Waals surface area contributed by atoms with E-state index in [2.05, 4.69) is 15.2 Å². The van der Waals surface area contributed by atoms with Gasteiger partial charge in [0.1, 0.15) is 5.82 Å². The number of nitrogen functional groups attached to an aromatic ring is 1. The van der Waals surface area contributed by atoms with Crippen LogP contribution >= 0.6 is 11.6 Å². The van der Waals surface area contributed by atoms with E-state index in [9.17, 15) is 0 Å². The highest BCUT2D eigenvalue weighted by Crippen LogP contribution is 2.12. The maximum absolute atomic E-state index is 5.87. The van der Waals surface area contributed by atoms with Gasteiger partial charge in [-0.25, -0.2) is 0 Å². The molecule has 0 amide bonds. The number of aromatic amines is 1. The molecule has 5 heteroatoms. The minimum Gasteiger partial charge on any atom is -0.367 e. The standard InChI is InChI=1S/C10H11ClN4/c11-8-3-1-2-7(6-8)4-5-9-13-10(12)15-14-9/h1-3,6H,4-5H2,(H3,12,13,14,15). The molecule has 1 aromatic heterocycles. The Morgan fingerprint density at radius 3 is 2.87 bits per heavy atom. The van der Waals surface area contributed by atoms with Gasteiger partial charge in [0, 0.05) is 11.4 Å². The highest BCUT2D eigenvalue weighted by molar-refractivity contribution is 6.30. The molecule has 78 valence electrons. The van der Waals surface area contributed by atoms with Crippen LogP contribution in [0.15, 0.2) is 24.3 Å². The number of H-pyrrole nitrogens is 1. The zero-order valence-corrected chi connectivity index (χ0v) is 8.83. The van der Waals surface area contributed by atoms with E-state index >= 15 is 0 Å². The number of benzene rings is 1. The molecule has 0 radical (unpaired) electrons. The molecule has 0 aliphatic rings. The van der Waals surface area contributed by atoms with Gasteiger partial charge in [-0.2, -0.15) is 4.98 Å². The number of nitrogens with one attached hydrogen (secondary N) is 1. The number of nitrogens with zero attached hydrogens (tertiary/aromatic N) is 2. The molecule has 1 heterocycles. The zero-order valence-electron chi connectivity index (χ0n) is 8.07. The molecule has 0 atom stereocenters. The van der Waals surface area contributed by atoms with E-state index in [1.54, 1.807) is 0 Å². The van der Waals surface area contributed by atoms with Gasteiger partial charge in [0.25, 0.3) is 0 Å². The minimum absolute atomic E-state index is 0.288. The molecule has 0 aliphatic heterocycles. The molecule has 4 nitrogen and oxygen atoms in total. The molecule has 1 aromatic carbocycles. The lowest BCUT2D eigenvalue weighted by Crippen LogP contribution is -1.94. The Balaban J connectivity index is 1.99. The summed E-state index contributed by atoms with van der Waals surface area (Å²) in [7, 11) is 0. The van der Waals surface area contributed by atoms with Crippen LogP contribution in [0.1, 0.15) is 11.4 Å². The van der Waals surface area contributed by atoms with Crippen molar-refractivity contribution < 1.29 is 0 Å². The molecule has 0 spiro atoms. The van der Waals surface area contributed by atoms with E-state index in [-0.39, 0.29) is 5.95 Å². The fourth-order valence-electron chi connectivity index (χ4n) is 1.38. The van der Waals surface area contributed by atoms with Gasteiger partial charge in [0.05, 0.1) is 0 Å². The first kappa shape index (κ1) is 9.98. The summed E-state index contributed by atoms with van der Waals surface area (Å²) in [5, 5.41) is 7.29. The average molecular weight is 223 g/mol. The first-order valence-electron chi connectivity index (χ1n) is 4.65. The lowest BCUT2D eigenvalue weighted by molar-refractivity contribution is 0.865. The number of aromatic nitrogens is 3. The smallest absolute Gasteiger partial charge is 0.239 e. The SMILES string of the molecule is Nc1n[nH]c(CCc2cccc(Cl)c2)n1. The van der Waals surface area contributed by atoms with Gasteiger partial charge in [-0.3, -0.25) is 5.10 Å². The number of hydrogen-bond acceptors (Lipinski definition) is 3. The quantitative estimate of drug-likeness (QED) is 0.833. The van der Waals surface area contributed by atoms with E-state index < -0.39 is 0 Å². The first-order chi connectivity index (χ1) is 7.24. The lowest BCUT2D eigenvalue weighted by Gasteiger charge is -1.99. The van der Waals surface area contributed by atoms with E-state index in [1.165, 1.54) is 5.56 Å². The second kappa shape index (κ2) is 4.31. The second-order valence-corrected chi connectivity index (χ2v) is 3.71. The Labute approximate surface area is 92.5 Å². The fourth-order valence-corrected chi connectivity index (χ4v) is 1.59. The van der Waals surface area contributed by atoms with Crippen LogP contribution in [0.5, 0.6) is 0 Å². The van der Waals surface area contributed by atoms with Gasteiger partial charge in [-0.1, -0.05) is 23.7 Å². The maximum atomic E-state index is 5.87. The van der Waals surface area contributed by atoms with Gasteiger partial charge >= 0.3 is 0 Å². The van der Waals surface area contributed by atoms with Crippen molar-refractivity contribution in [2.24, 2.45) is 0 Å². The Kier molecular flexibility index (Phi) is 2.87. The molecular weight excluding hydrogens is 212 g/mol. The van der Waals surface area contributed by atoms with Gasteiger partial charge in [-0.05, 0) is 24.1 Å². The first-order valence-corrected chi connectivity index (χ1v) is 5.03. The van der Waals surface area contributed by atoms with E-state index in [0.717, 1.165) is 23.7 Å².